The average Bonchev–Trinajstić information content (AvgIpc) is 3.17. The molecule has 1 aliphatic heterocycles. The number of hydrogen-bond donors (Lipinski definition) is 0. The standard InChI is InChI=1S/C22H27N3O3/c1-16-12-13-23-25(16)19-10-8-18(9-11-19)22(27)28-15-21(26)24-14-4-6-17-5-2-3-7-20(17)24/h8-13,17,20H,2-7,14-15H2,1H3/t17-,20-/m0/s1. The Hall–Kier alpha value is -2.63. The topological polar surface area (TPSA) is 64.4 Å². The van der Waals surface area contributed by atoms with Crippen molar-refractivity contribution in [3.05, 3.63) is 47.8 Å². The molecule has 6 nitrogen and oxygen atoms in total. The Morgan fingerprint density at radius 2 is 1.82 bits per heavy atom. The van der Waals surface area contributed by atoms with Crippen molar-refractivity contribution < 1.29 is 14.3 Å². The highest BCUT2D eigenvalue weighted by Crippen LogP contribution is 2.35. The molecule has 6 heteroatoms. The molecule has 0 unspecified atom stereocenters. The second-order valence-corrected chi connectivity index (χ2v) is 7.85. The van der Waals surface area contributed by atoms with Crippen molar-refractivity contribution >= 4 is 11.9 Å². The van der Waals surface area contributed by atoms with Gasteiger partial charge in [0, 0.05) is 24.5 Å². The van der Waals surface area contributed by atoms with Gasteiger partial charge in [-0.25, -0.2) is 9.48 Å². The van der Waals surface area contributed by atoms with E-state index in [1.54, 1.807) is 23.0 Å². The number of rotatable bonds is 4. The van der Waals surface area contributed by atoms with Crippen molar-refractivity contribution in [2.24, 2.45) is 5.92 Å². The monoisotopic (exact) mass is 381 g/mol. The number of nitrogens with zero attached hydrogens (tertiary/aromatic N) is 3. The fraction of sp³-hybridized carbons (Fsp3) is 0.500. The average molecular weight is 381 g/mol. The smallest absolute Gasteiger partial charge is 0.338 e. The molecule has 1 aromatic carbocycles. The van der Waals surface area contributed by atoms with Gasteiger partial charge in [0.1, 0.15) is 0 Å². The Kier molecular flexibility index (Phi) is 5.46. The van der Waals surface area contributed by atoms with Crippen molar-refractivity contribution in [1.29, 1.82) is 0 Å². The number of carbonyl (C=O) groups is 2. The summed E-state index contributed by atoms with van der Waals surface area (Å²) in [6.07, 6.45) is 8.76. The Balaban J connectivity index is 1.35. The van der Waals surface area contributed by atoms with Crippen LogP contribution in [0.2, 0.25) is 0 Å². The molecule has 2 fully saturated rings. The third kappa shape index (κ3) is 3.81. The first-order valence-electron chi connectivity index (χ1n) is 10.2. The second-order valence-electron chi connectivity index (χ2n) is 7.85. The Morgan fingerprint density at radius 3 is 2.57 bits per heavy atom. The summed E-state index contributed by atoms with van der Waals surface area (Å²) in [5.41, 5.74) is 2.34. The van der Waals surface area contributed by atoms with Crippen LogP contribution >= 0.6 is 0 Å². The van der Waals surface area contributed by atoms with E-state index in [1.165, 1.54) is 25.7 Å². The number of amides is 1. The van der Waals surface area contributed by atoms with Crippen molar-refractivity contribution in [2.75, 3.05) is 13.2 Å². The summed E-state index contributed by atoms with van der Waals surface area (Å²) < 4.78 is 7.13. The maximum Gasteiger partial charge on any atom is 0.338 e. The zero-order valence-corrected chi connectivity index (χ0v) is 16.3. The zero-order valence-electron chi connectivity index (χ0n) is 16.3. The minimum absolute atomic E-state index is 0.0614. The first kappa shape index (κ1) is 18.7. The molecule has 2 aromatic rings. The van der Waals surface area contributed by atoms with Crippen LogP contribution in [0.5, 0.6) is 0 Å². The Bertz CT molecular complexity index is 841. The van der Waals surface area contributed by atoms with Gasteiger partial charge in [-0.3, -0.25) is 4.79 Å². The normalized spacial score (nSPS) is 21.8. The van der Waals surface area contributed by atoms with Crippen molar-refractivity contribution in [2.45, 2.75) is 51.5 Å². The van der Waals surface area contributed by atoms with Crippen molar-refractivity contribution in [3.8, 4) is 5.69 Å². The minimum atomic E-state index is -0.464. The van der Waals surface area contributed by atoms with Crippen LogP contribution in [0.25, 0.3) is 5.69 Å². The number of benzene rings is 1. The van der Waals surface area contributed by atoms with E-state index in [4.69, 9.17) is 4.74 Å². The van der Waals surface area contributed by atoms with Crippen molar-refractivity contribution in [1.82, 2.24) is 14.7 Å². The van der Waals surface area contributed by atoms with Gasteiger partial charge >= 0.3 is 5.97 Å². The lowest BCUT2D eigenvalue weighted by Gasteiger charge is -2.44. The van der Waals surface area contributed by atoms with Crippen LogP contribution in [0.1, 0.15) is 54.6 Å². The molecule has 1 amide bonds. The molecule has 148 valence electrons. The predicted molar refractivity (Wildman–Crippen MR) is 105 cm³/mol. The van der Waals surface area contributed by atoms with Gasteiger partial charge in [0.05, 0.1) is 11.3 Å². The van der Waals surface area contributed by atoms with Gasteiger partial charge in [-0.1, -0.05) is 12.8 Å². The van der Waals surface area contributed by atoms with Gasteiger partial charge in [0.2, 0.25) is 0 Å². The van der Waals surface area contributed by atoms with E-state index in [-0.39, 0.29) is 12.5 Å². The lowest BCUT2D eigenvalue weighted by Crippen LogP contribution is -2.50. The lowest BCUT2D eigenvalue weighted by molar-refractivity contribution is -0.140. The van der Waals surface area contributed by atoms with Crippen LogP contribution in [0.4, 0.5) is 0 Å². The fourth-order valence-electron chi connectivity index (χ4n) is 4.61. The predicted octanol–water partition coefficient (Wildman–Crippen LogP) is 3.52. The van der Waals surface area contributed by atoms with Crippen molar-refractivity contribution in [3.63, 3.8) is 0 Å². The molecule has 1 aromatic heterocycles. The van der Waals surface area contributed by atoms with Gasteiger partial charge in [-0.15, -0.1) is 0 Å². The SMILES string of the molecule is Cc1ccnn1-c1ccc(C(=O)OCC(=O)N2CCC[C@@H]3CCCC[C@@H]32)cc1. The number of piperidine rings is 1. The summed E-state index contributed by atoms with van der Waals surface area (Å²) in [6.45, 7) is 2.58. The van der Waals surface area contributed by atoms with Gasteiger partial charge in [0.25, 0.3) is 5.91 Å². The maximum absolute atomic E-state index is 12.7. The number of aryl methyl sites for hydroxylation is 1. The summed E-state index contributed by atoms with van der Waals surface area (Å²) in [6, 6.07) is 9.34. The van der Waals surface area contributed by atoms with Gasteiger partial charge < -0.3 is 9.64 Å². The first-order chi connectivity index (χ1) is 13.6. The quantitative estimate of drug-likeness (QED) is 0.760. The molecule has 1 saturated heterocycles. The van der Waals surface area contributed by atoms with E-state index in [0.717, 1.165) is 30.8 Å². The molecule has 2 atom stereocenters. The van der Waals surface area contributed by atoms with Crippen LogP contribution in [-0.2, 0) is 9.53 Å². The third-order valence-corrected chi connectivity index (χ3v) is 6.07. The number of ether oxygens (including phenoxy) is 1. The molecule has 1 saturated carbocycles. The van der Waals surface area contributed by atoms with E-state index in [9.17, 15) is 9.59 Å². The van der Waals surface area contributed by atoms with E-state index >= 15 is 0 Å². The zero-order chi connectivity index (χ0) is 19.5. The van der Waals surface area contributed by atoms with E-state index in [1.807, 2.05) is 30.0 Å². The van der Waals surface area contributed by atoms with E-state index in [0.29, 0.717) is 17.5 Å². The molecule has 0 spiro atoms. The molecule has 28 heavy (non-hydrogen) atoms. The van der Waals surface area contributed by atoms with E-state index < -0.39 is 5.97 Å². The number of carbonyl (C=O) groups excluding carboxylic acids is 2. The second kappa shape index (κ2) is 8.17. The maximum atomic E-state index is 12.7. The van der Waals surface area contributed by atoms with Crippen LogP contribution in [0.15, 0.2) is 36.5 Å². The Labute approximate surface area is 165 Å². The summed E-state index contributed by atoms with van der Waals surface area (Å²) in [4.78, 5) is 27.0. The van der Waals surface area contributed by atoms with E-state index in [2.05, 4.69) is 5.10 Å². The van der Waals surface area contributed by atoms with Crippen LogP contribution in [-0.4, -0.2) is 45.8 Å². The molecule has 0 bridgehead atoms. The van der Waals surface area contributed by atoms with Gasteiger partial charge in [-0.2, -0.15) is 5.10 Å². The number of esters is 1. The Morgan fingerprint density at radius 1 is 1.07 bits per heavy atom. The number of likely N-dealkylation sites (tertiary alicyclic amines) is 1. The summed E-state index contributed by atoms with van der Waals surface area (Å²) >= 11 is 0. The van der Waals surface area contributed by atoms with Gasteiger partial charge in [0.15, 0.2) is 6.61 Å². The highest BCUT2D eigenvalue weighted by Gasteiger charge is 2.35. The van der Waals surface area contributed by atoms with Gasteiger partial charge in [-0.05, 0) is 68.9 Å². The number of aromatic nitrogens is 2. The molecule has 0 N–H and O–H groups in total. The number of hydrogen-bond acceptors (Lipinski definition) is 4. The fourth-order valence-corrected chi connectivity index (χ4v) is 4.61. The molecule has 0 radical (unpaired) electrons. The molecule has 1 aliphatic carbocycles. The molecular formula is C22H27N3O3. The largest absolute Gasteiger partial charge is 0.452 e. The molecular weight excluding hydrogens is 354 g/mol. The molecule has 2 aliphatic rings. The molecule has 2 heterocycles. The third-order valence-electron chi connectivity index (χ3n) is 6.07. The lowest BCUT2D eigenvalue weighted by atomic mass is 9.78. The van der Waals surface area contributed by atoms with Crippen LogP contribution in [0, 0.1) is 12.8 Å². The number of fused-ring (bicyclic) bond motifs is 1. The van der Waals surface area contributed by atoms with Crippen LogP contribution in [0.3, 0.4) is 0 Å². The molecule has 4 rings (SSSR count). The summed E-state index contributed by atoms with van der Waals surface area (Å²) in [5, 5.41) is 4.26. The highest BCUT2D eigenvalue weighted by molar-refractivity contribution is 5.91. The first-order valence-corrected chi connectivity index (χ1v) is 10.2. The highest BCUT2D eigenvalue weighted by atomic mass is 16.5. The minimum Gasteiger partial charge on any atom is -0.452 e. The summed E-state index contributed by atoms with van der Waals surface area (Å²) in [5.74, 6) is 0.100. The van der Waals surface area contributed by atoms with Crippen LogP contribution < -0.4 is 0 Å². The summed E-state index contributed by atoms with van der Waals surface area (Å²) in [7, 11) is 0.